The summed E-state index contributed by atoms with van der Waals surface area (Å²) in [5.74, 6) is 0.991. The van der Waals surface area contributed by atoms with E-state index in [4.69, 9.17) is 0 Å². The van der Waals surface area contributed by atoms with E-state index in [2.05, 4.69) is 27.4 Å². The van der Waals surface area contributed by atoms with Crippen LogP contribution in [0, 0.1) is 0 Å². The van der Waals surface area contributed by atoms with Crippen LogP contribution >= 0.6 is 11.8 Å². The summed E-state index contributed by atoms with van der Waals surface area (Å²) >= 11 is 1.85. The molecule has 110 valence electrons. The molecule has 1 aliphatic rings. The van der Waals surface area contributed by atoms with Crippen molar-refractivity contribution in [2.45, 2.75) is 17.4 Å². The molecule has 2 N–H and O–H groups in total. The van der Waals surface area contributed by atoms with Crippen molar-refractivity contribution in [3.8, 4) is 0 Å². The molecule has 4 nitrogen and oxygen atoms in total. The van der Waals surface area contributed by atoms with E-state index in [0.29, 0.717) is 5.56 Å². The number of hydrogen-bond acceptors (Lipinski definition) is 3. The molecule has 0 spiro atoms. The van der Waals surface area contributed by atoms with Crippen LogP contribution in [-0.4, -0.2) is 21.6 Å². The van der Waals surface area contributed by atoms with Crippen LogP contribution in [0.4, 0.5) is 0 Å². The van der Waals surface area contributed by atoms with Crippen molar-refractivity contribution in [3.63, 3.8) is 0 Å². The number of nitrogens with zero attached hydrogens (tertiary/aromatic N) is 1. The Hall–Kier alpha value is -2.27. The van der Waals surface area contributed by atoms with E-state index >= 15 is 0 Å². The topological polar surface area (TPSA) is 57.8 Å². The summed E-state index contributed by atoms with van der Waals surface area (Å²) in [6.45, 7) is 0. The first-order chi connectivity index (χ1) is 10.8. The molecule has 22 heavy (non-hydrogen) atoms. The molecule has 3 aromatic rings. The SMILES string of the molecule is O=C(N[C@H]1CCSc2ccccc21)c1ccc2nc[nH]c2c1. The molecule has 0 fully saturated rings. The van der Waals surface area contributed by atoms with Gasteiger partial charge in [-0.3, -0.25) is 4.79 Å². The molecule has 5 heteroatoms. The van der Waals surface area contributed by atoms with Crippen LogP contribution in [0.15, 0.2) is 53.7 Å². The van der Waals surface area contributed by atoms with E-state index in [-0.39, 0.29) is 11.9 Å². The van der Waals surface area contributed by atoms with Crippen molar-refractivity contribution in [2.75, 3.05) is 5.75 Å². The standard InChI is InChI=1S/C17H15N3OS/c21-17(11-5-6-14-15(9-11)19-10-18-14)20-13-7-8-22-16-4-2-1-3-12(13)16/h1-6,9-10,13H,7-8H2,(H,18,19)(H,20,21)/t13-/m0/s1. The highest BCUT2D eigenvalue weighted by atomic mass is 32.2. The van der Waals surface area contributed by atoms with Gasteiger partial charge in [-0.05, 0) is 36.2 Å². The second-order valence-corrected chi connectivity index (χ2v) is 6.47. The number of benzene rings is 2. The second-order valence-electron chi connectivity index (χ2n) is 5.34. The van der Waals surface area contributed by atoms with E-state index in [0.717, 1.165) is 23.2 Å². The average molecular weight is 309 g/mol. The third-order valence-electron chi connectivity index (χ3n) is 3.95. The average Bonchev–Trinajstić information content (AvgIpc) is 3.02. The zero-order chi connectivity index (χ0) is 14.9. The molecular formula is C17H15N3OS. The highest BCUT2D eigenvalue weighted by Crippen LogP contribution is 2.35. The summed E-state index contributed by atoms with van der Waals surface area (Å²) in [7, 11) is 0. The summed E-state index contributed by atoms with van der Waals surface area (Å²) in [5.41, 5.74) is 3.63. The maximum absolute atomic E-state index is 12.5. The largest absolute Gasteiger partial charge is 0.345 e. The lowest BCUT2D eigenvalue weighted by atomic mass is 10.0. The number of fused-ring (bicyclic) bond motifs is 2. The van der Waals surface area contributed by atoms with Crippen LogP contribution in [0.2, 0.25) is 0 Å². The molecule has 1 aromatic heterocycles. The van der Waals surface area contributed by atoms with Gasteiger partial charge in [0.1, 0.15) is 0 Å². The van der Waals surface area contributed by atoms with E-state index in [1.165, 1.54) is 10.5 Å². The first kappa shape index (κ1) is 13.4. The number of aromatic nitrogens is 2. The molecule has 0 saturated heterocycles. The zero-order valence-electron chi connectivity index (χ0n) is 11.9. The molecule has 1 atom stereocenters. The Balaban J connectivity index is 1.59. The molecule has 1 aliphatic heterocycles. The summed E-state index contributed by atoms with van der Waals surface area (Å²) in [6.07, 6.45) is 2.60. The zero-order valence-corrected chi connectivity index (χ0v) is 12.7. The molecule has 0 bridgehead atoms. The smallest absolute Gasteiger partial charge is 0.251 e. The van der Waals surface area contributed by atoms with Gasteiger partial charge < -0.3 is 10.3 Å². The lowest BCUT2D eigenvalue weighted by Crippen LogP contribution is -2.30. The van der Waals surface area contributed by atoms with Gasteiger partial charge in [-0.2, -0.15) is 0 Å². The van der Waals surface area contributed by atoms with Gasteiger partial charge in [0.2, 0.25) is 0 Å². The van der Waals surface area contributed by atoms with Gasteiger partial charge >= 0.3 is 0 Å². The normalized spacial score (nSPS) is 17.2. The Morgan fingerprint density at radius 3 is 3.14 bits per heavy atom. The predicted octanol–water partition coefficient (Wildman–Crippen LogP) is 3.53. The quantitative estimate of drug-likeness (QED) is 0.761. The third kappa shape index (κ3) is 2.37. The fourth-order valence-corrected chi connectivity index (χ4v) is 3.94. The number of imidazole rings is 1. The van der Waals surface area contributed by atoms with E-state index < -0.39 is 0 Å². The molecule has 1 amide bonds. The van der Waals surface area contributed by atoms with Gasteiger partial charge in [0.15, 0.2) is 0 Å². The van der Waals surface area contributed by atoms with Gasteiger partial charge in [-0.1, -0.05) is 18.2 Å². The van der Waals surface area contributed by atoms with Gasteiger partial charge in [0.25, 0.3) is 5.91 Å². The Morgan fingerprint density at radius 2 is 2.18 bits per heavy atom. The van der Waals surface area contributed by atoms with Crippen LogP contribution in [0.1, 0.15) is 28.4 Å². The van der Waals surface area contributed by atoms with Gasteiger partial charge in [-0.15, -0.1) is 11.8 Å². The van der Waals surface area contributed by atoms with Crippen molar-refractivity contribution >= 4 is 28.7 Å². The van der Waals surface area contributed by atoms with Crippen LogP contribution in [0.25, 0.3) is 11.0 Å². The third-order valence-corrected chi connectivity index (χ3v) is 5.07. The molecule has 0 saturated carbocycles. The lowest BCUT2D eigenvalue weighted by molar-refractivity contribution is 0.0935. The summed E-state index contributed by atoms with van der Waals surface area (Å²) < 4.78 is 0. The van der Waals surface area contributed by atoms with Crippen molar-refractivity contribution < 1.29 is 4.79 Å². The van der Waals surface area contributed by atoms with Gasteiger partial charge in [-0.25, -0.2) is 4.98 Å². The number of aromatic amines is 1. The number of thioether (sulfide) groups is 1. The van der Waals surface area contributed by atoms with E-state index in [1.54, 1.807) is 6.33 Å². The lowest BCUT2D eigenvalue weighted by Gasteiger charge is -2.25. The highest BCUT2D eigenvalue weighted by Gasteiger charge is 2.22. The maximum Gasteiger partial charge on any atom is 0.251 e. The Bertz CT molecular complexity index is 843. The number of carbonyl (C=O) groups excluding carboxylic acids is 1. The molecule has 2 heterocycles. The van der Waals surface area contributed by atoms with Crippen LogP contribution < -0.4 is 5.32 Å². The summed E-state index contributed by atoms with van der Waals surface area (Å²) in [6, 6.07) is 13.9. The van der Waals surface area contributed by atoms with Gasteiger partial charge in [0.05, 0.1) is 23.4 Å². The van der Waals surface area contributed by atoms with Gasteiger partial charge in [0, 0.05) is 16.2 Å². The molecule has 2 aromatic carbocycles. The minimum absolute atomic E-state index is 0.0387. The number of rotatable bonds is 2. The molecule has 0 aliphatic carbocycles. The molecule has 0 radical (unpaired) electrons. The van der Waals surface area contributed by atoms with Crippen molar-refractivity contribution in [3.05, 3.63) is 59.9 Å². The summed E-state index contributed by atoms with van der Waals surface area (Å²) in [5, 5.41) is 3.16. The Kier molecular flexibility index (Phi) is 3.35. The van der Waals surface area contributed by atoms with Crippen LogP contribution in [0.5, 0.6) is 0 Å². The number of H-pyrrole nitrogens is 1. The van der Waals surface area contributed by atoms with Crippen LogP contribution in [-0.2, 0) is 0 Å². The monoisotopic (exact) mass is 309 g/mol. The second kappa shape index (κ2) is 5.50. The Morgan fingerprint density at radius 1 is 1.27 bits per heavy atom. The van der Waals surface area contributed by atoms with Crippen molar-refractivity contribution in [1.82, 2.24) is 15.3 Å². The fraction of sp³-hybridized carbons (Fsp3) is 0.176. The van der Waals surface area contributed by atoms with Crippen molar-refractivity contribution in [1.29, 1.82) is 0 Å². The van der Waals surface area contributed by atoms with Crippen molar-refractivity contribution in [2.24, 2.45) is 0 Å². The fourth-order valence-electron chi connectivity index (χ4n) is 2.81. The number of nitrogens with one attached hydrogen (secondary N) is 2. The number of carbonyl (C=O) groups is 1. The number of hydrogen-bond donors (Lipinski definition) is 2. The Labute approximate surface area is 132 Å². The minimum Gasteiger partial charge on any atom is -0.345 e. The first-order valence-electron chi connectivity index (χ1n) is 7.27. The maximum atomic E-state index is 12.5. The first-order valence-corrected chi connectivity index (χ1v) is 8.25. The molecule has 4 rings (SSSR count). The molecule has 0 unspecified atom stereocenters. The number of amides is 1. The van der Waals surface area contributed by atoms with Crippen LogP contribution in [0.3, 0.4) is 0 Å². The molecular weight excluding hydrogens is 294 g/mol. The van der Waals surface area contributed by atoms with E-state index in [1.807, 2.05) is 42.1 Å². The minimum atomic E-state index is -0.0387. The predicted molar refractivity (Wildman–Crippen MR) is 88.1 cm³/mol. The highest BCUT2D eigenvalue weighted by molar-refractivity contribution is 7.99. The van der Waals surface area contributed by atoms with E-state index in [9.17, 15) is 4.79 Å². The summed E-state index contributed by atoms with van der Waals surface area (Å²) in [4.78, 5) is 21.0.